The fourth-order valence-corrected chi connectivity index (χ4v) is 6.29. The molecule has 1 fully saturated rings. The van der Waals surface area contributed by atoms with E-state index in [1.165, 1.54) is 43.1 Å². The second kappa shape index (κ2) is 9.77. The number of halogens is 3. The number of amides is 1. The molecule has 0 unspecified atom stereocenters. The Morgan fingerprint density at radius 2 is 1.81 bits per heavy atom. The molecule has 1 atom stereocenters. The highest BCUT2D eigenvalue weighted by atomic mass is 32.2. The Hall–Kier alpha value is -3.48. The van der Waals surface area contributed by atoms with E-state index in [0.717, 1.165) is 6.07 Å². The van der Waals surface area contributed by atoms with E-state index in [-0.39, 0.29) is 46.9 Å². The number of sulfone groups is 1. The summed E-state index contributed by atoms with van der Waals surface area (Å²) < 4.78 is 66.7. The summed E-state index contributed by atoms with van der Waals surface area (Å²) in [7, 11) is -1.83. The highest BCUT2D eigenvalue weighted by molar-refractivity contribution is 7.91. The molecule has 0 radical (unpaired) electrons. The number of anilines is 1. The number of hydrogen-bond donors (Lipinski definition) is 2. The predicted molar refractivity (Wildman–Crippen MR) is 132 cm³/mol. The molecule has 9 nitrogen and oxygen atoms in total. The molecule has 0 aliphatic carbocycles. The van der Waals surface area contributed by atoms with Gasteiger partial charge in [0, 0.05) is 25.1 Å². The summed E-state index contributed by atoms with van der Waals surface area (Å²) in [6, 6.07) is 4.46. The van der Waals surface area contributed by atoms with Crippen LogP contribution in [0.1, 0.15) is 55.8 Å². The summed E-state index contributed by atoms with van der Waals surface area (Å²) in [6.45, 7) is 2.87. The van der Waals surface area contributed by atoms with E-state index in [9.17, 15) is 31.2 Å². The van der Waals surface area contributed by atoms with Crippen LogP contribution in [0.2, 0.25) is 0 Å². The first-order chi connectivity index (χ1) is 17.3. The number of fused-ring (bicyclic) bond motifs is 1. The van der Waals surface area contributed by atoms with Gasteiger partial charge < -0.3 is 10.6 Å². The lowest BCUT2D eigenvalue weighted by atomic mass is 9.84. The third-order valence-electron chi connectivity index (χ3n) is 6.73. The number of aromatic nitrogens is 3. The van der Waals surface area contributed by atoms with Crippen molar-refractivity contribution in [2.45, 2.75) is 44.7 Å². The molecule has 0 spiro atoms. The molecule has 37 heavy (non-hydrogen) atoms. The van der Waals surface area contributed by atoms with Crippen molar-refractivity contribution in [1.82, 2.24) is 19.9 Å². The first-order valence-corrected chi connectivity index (χ1v) is 13.3. The van der Waals surface area contributed by atoms with Crippen LogP contribution < -0.4 is 16.2 Å². The molecule has 1 aliphatic rings. The van der Waals surface area contributed by atoms with Crippen molar-refractivity contribution >= 4 is 32.6 Å². The average Bonchev–Trinajstić information content (AvgIpc) is 2.83. The van der Waals surface area contributed by atoms with Crippen molar-refractivity contribution in [3.63, 3.8) is 0 Å². The van der Waals surface area contributed by atoms with Gasteiger partial charge in [0.05, 0.1) is 34.0 Å². The van der Waals surface area contributed by atoms with Gasteiger partial charge in [0.15, 0.2) is 9.84 Å². The van der Waals surface area contributed by atoms with E-state index in [4.69, 9.17) is 0 Å². The van der Waals surface area contributed by atoms with Crippen LogP contribution in [-0.2, 0) is 27.2 Å². The molecule has 13 heteroatoms. The van der Waals surface area contributed by atoms with Gasteiger partial charge in [0.2, 0.25) is 5.91 Å². The van der Waals surface area contributed by atoms with Crippen LogP contribution in [-0.4, -0.2) is 40.4 Å². The molecule has 1 aromatic carbocycles. The predicted octanol–water partition coefficient (Wildman–Crippen LogP) is 3.12. The van der Waals surface area contributed by atoms with Crippen LogP contribution in [0, 0.1) is 5.82 Å². The highest BCUT2D eigenvalue weighted by Crippen LogP contribution is 2.35. The molecule has 1 aliphatic heterocycles. The lowest BCUT2D eigenvalue weighted by Gasteiger charge is -2.37. The van der Waals surface area contributed by atoms with Gasteiger partial charge in [-0.25, -0.2) is 31.6 Å². The van der Waals surface area contributed by atoms with Crippen LogP contribution in [0.4, 0.5) is 19.0 Å². The Labute approximate surface area is 211 Å². The van der Waals surface area contributed by atoms with Crippen molar-refractivity contribution in [2.75, 3.05) is 16.8 Å². The summed E-state index contributed by atoms with van der Waals surface area (Å²) in [6.07, 6.45) is -1.75. The zero-order chi connectivity index (χ0) is 27.1. The molecule has 2 aromatic heterocycles. The maximum absolute atomic E-state index is 14.8. The topological polar surface area (TPSA) is 123 Å². The van der Waals surface area contributed by atoms with Gasteiger partial charge >= 0.3 is 0 Å². The van der Waals surface area contributed by atoms with Crippen molar-refractivity contribution in [1.29, 1.82) is 0 Å². The molecule has 0 saturated carbocycles. The monoisotopic (exact) mass is 537 g/mol. The van der Waals surface area contributed by atoms with Crippen LogP contribution in [0.15, 0.2) is 35.4 Å². The normalized spacial score (nSPS) is 17.5. The number of nitrogens with zero attached hydrogens (tertiary/aromatic N) is 3. The van der Waals surface area contributed by atoms with Crippen molar-refractivity contribution in [2.24, 2.45) is 7.05 Å². The van der Waals surface area contributed by atoms with E-state index in [1.54, 1.807) is 6.92 Å². The Bertz CT molecular complexity index is 1530. The minimum absolute atomic E-state index is 0.00168. The summed E-state index contributed by atoms with van der Waals surface area (Å²) in [5, 5.41) is 6.17. The fourth-order valence-electron chi connectivity index (χ4n) is 4.77. The van der Waals surface area contributed by atoms with Gasteiger partial charge in [-0.05, 0) is 25.8 Å². The van der Waals surface area contributed by atoms with Gasteiger partial charge in [-0.1, -0.05) is 18.2 Å². The van der Waals surface area contributed by atoms with Gasteiger partial charge in [0.25, 0.3) is 12.0 Å². The van der Waals surface area contributed by atoms with E-state index < -0.39 is 50.7 Å². The van der Waals surface area contributed by atoms with Gasteiger partial charge in [-0.3, -0.25) is 14.2 Å². The average molecular weight is 538 g/mol. The number of hydrogen-bond acceptors (Lipinski definition) is 7. The number of nitrogens with one attached hydrogen (secondary N) is 2. The molecular formula is C24H26F3N5O4S. The third-order valence-corrected chi connectivity index (χ3v) is 8.38. The second-order valence-corrected chi connectivity index (χ2v) is 11.5. The van der Waals surface area contributed by atoms with Gasteiger partial charge in [0.1, 0.15) is 23.6 Å². The molecule has 4 rings (SSSR count). The quantitative estimate of drug-likeness (QED) is 0.495. The first kappa shape index (κ1) is 26.6. The van der Waals surface area contributed by atoms with E-state index >= 15 is 0 Å². The molecule has 198 valence electrons. The Kier molecular flexibility index (Phi) is 7.01. The summed E-state index contributed by atoms with van der Waals surface area (Å²) in [5.41, 5.74) is -1.99. The number of carbonyl (C=O) groups excluding carboxylic acids is 1. The molecular weight excluding hydrogens is 511 g/mol. The number of benzene rings is 1. The summed E-state index contributed by atoms with van der Waals surface area (Å²) in [5.74, 6) is -1.66. The first-order valence-electron chi connectivity index (χ1n) is 11.5. The molecule has 3 aromatic rings. The zero-order valence-corrected chi connectivity index (χ0v) is 21.2. The summed E-state index contributed by atoms with van der Waals surface area (Å²) >= 11 is 0. The van der Waals surface area contributed by atoms with E-state index in [2.05, 4.69) is 20.6 Å². The van der Waals surface area contributed by atoms with Crippen LogP contribution >= 0.6 is 0 Å². The molecule has 0 bridgehead atoms. The lowest BCUT2D eigenvalue weighted by Crippen LogP contribution is -2.53. The fraction of sp³-hybridized carbons (Fsp3) is 0.417. The number of pyridine rings is 1. The lowest BCUT2D eigenvalue weighted by molar-refractivity contribution is -0.121. The van der Waals surface area contributed by atoms with E-state index in [0.29, 0.717) is 5.39 Å². The SMILES string of the molecule is CC(=O)NC1(c2cc3c(N[C@H](C)c4cccc(C(F)F)c4F)ncnc3n(C)c2=O)CCS(=O)(=O)CC1. The van der Waals surface area contributed by atoms with Crippen molar-refractivity contribution in [3.05, 3.63) is 63.5 Å². The van der Waals surface area contributed by atoms with Crippen LogP contribution in [0.3, 0.4) is 0 Å². The Morgan fingerprint density at radius 1 is 1.16 bits per heavy atom. The zero-order valence-electron chi connectivity index (χ0n) is 20.4. The minimum Gasteiger partial charge on any atom is -0.363 e. The number of aryl methyl sites for hydroxylation is 1. The summed E-state index contributed by atoms with van der Waals surface area (Å²) in [4.78, 5) is 33.9. The van der Waals surface area contributed by atoms with Crippen molar-refractivity contribution < 1.29 is 26.4 Å². The van der Waals surface area contributed by atoms with Gasteiger partial charge in [-0.2, -0.15) is 0 Å². The standard InChI is InChI=1S/C24H26F3N5O4S/c1-13(15-5-4-6-16(19(15)25)20(26)27)30-21-17-11-18(23(34)32(3)22(17)29-12-28-21)24(31-14(2)33)7-9-37(35,36)10-8-24/h4-6,11-13,20H,7-10H2,1-3H3,(H,31,33)(H,28,29,30)/t13-/m1/s1. The Balaban J connectivity index is 1.84. The largest absolute Gasteiger partial charge is 0.363 e. The smallest absolute Gasteiger partial charge is 0.266 e. The van der Waals surface area contributed by atoms with Crippen LogP contribution in [0.5, 0.6) is 0 Å². The molecule has 1 saturated heterocycles. The maximum Gasteiger partial charge on any atom is 0.266 e. The molecule has 1 amide bonds. The van der Waals surface area contributed by atoms with Gasteiger partial charge in [-0.15, -0.1) is 0 Å². The molecule has 2 N–H and O–H groups in total. The molecule has 3 heterocycles. The number of rotatable bonds is 6. The maximum atomic E-state index is 14.8. The van der Waals surface area contributed by atoms with Crippen LogP contribution in [0.25, 0.3) is 11.0 Å². The third kappa shape index (κ3) is 5.04. The van der Waals surface area contributed by atoms with Crippen molar-refractivity contribution in [3.8, 4) is 0 Å². The second-order valence-electron chi connectivity index (χ2n) is 9.21. The number of alkyl halides is 2. The Morgan fingerprint density at radius 3 is 2.43 bits per heavy atom. The highest BCUT2D eigenvalue weighted by Gasteiger charge is 2.42. The number of carbonyl (C=O) groups is 1. The minimum atomic E-state index is -3.32. The van der Waals surface area contributed by atoms with E-state index in [1.807, 2.05) is 0 Å².